The standard InChI is InChI=1S/C15H17N7O4/c1-24-7-6-22-18-14(17-20-22)11-9-21(5-8-25-11)15(23)12-10-3-2-4-16-13(10)19-26-12/h2-4,11H,5-9H2,1H3. The summed E-state index contributed by atoms with van der Waals surface area (Å²) in [5.74, 6) is 0.341. The third kappa shape index (κ3) is 3.13. The summed E-state index contributed by atoms with van der Waals surface area (Å²) in [5.41, 5.74) is 0.406. The van der Waals surface area contributed by atoms with Crippen LogP contribution in [0.5, 0.6) is 0 Å². The molecule has 1 fully saturated rings. The average Bonchev–Trinajstić information content (AvgIpc) is 3.33. The highest BCUT2D eigenvalue weighted by atomic mass is 16.5. The lowest BCUT2D eigenvalue weighted by molar-refractivity contribution is -0.0280. The number of fused-ring (bicyclic) bond motifs is 1. The number of amides is 1. The van der Waals surface area contributed by atoms with Crippen LogP contribution in [0.25, 0.3) is 11.0 Å². The average molecular weight is 359 g/mol. The summed E-state index contributed by atoms with van der Waals surface area (Å²) in [6, 6.07) is 3.49. The van der Waals surface area contributed by atoms with E-state index in [2.05, 4.69) is 25.6 Å². The van der Waals surface area contributed by atoms with Crippen LogP contribution in [0.15, 0.2) is 22.9 Å². The summed E-state index contributed by atoms with van der Waals surface area (Å²) in [4.78, 5) is 20.0. The topological polar surface area (TPSA) is 121 Å². The van der Waals surface area contributed by atoms with Crippen molar-refractivity contribution in [1.29, 1.82) is 0 Å². The second-order valence-electron chi connectivity index (χ2n) is 5.73. The molecule has 1 aliphatic rings. The molecule has 0 aliphatic carbocycles. The first-order valence-corrected chi connectivity index (χ1v) is 8.14. The van der Waals surface area contributed by atoms with Crippen LogP contribution in [-0.2, 0) is 16.0 Å². The Balaban J connectivity index is 1.49. The number of aromatic nitrogens is 6. The highest BCUT2D eigenvalue weighted by Gasteiger charge is 2.31. The predicted octanol–water partition coefficient (Wildman–Crippen LogP) is 0.0694. The molecule has 1 unspecified atom stereocenters. The molecular formula is C15H17N7O4. The van der Waals surface area contributed by atoms with Crippen LogP contribution in [0, 0.1) is 0 Å². The minimum atomic E-state index is -0.448. The molecule has 11 nitrogen and oxygen atoms in total. The SMILES string of the molecule is COCCn1nnc(C2CN(C(=O)c3onc4ncccc34)CCO2)n1. The van der Waals surface area contributed by atoms with Crippen LogP contribution in [0.2, 0.25) is 0 Å². The fourth-order valence-electron chi connectivity index (χ4n) is 2.72. The number of morpholine rings is 1. The van der Waals surface area contributed by atoms with Crippen molar-refractivity contribution in [2.75, 3.05) is 33.4 Å². The second-order valence-corrected chi connectivity index (χ2v) is 5.73. The number of tetrazole rings is 1. The summed E-state index contributed by atoms with van der Waals surface area (Å²) < 4.78 is 15.9. The summed E-state index contributed by atoms with van der Waals surface area (Å²) >= 11 is 0. The van der Waals surface area contributed by atoms with Crippen molar-refractivity contribution in [3.05, 3.63) is 29.9 Å². The highest BCUT2D eigenvalue weighted by molar-refractivity contribution is 6.02. The molecular weight excluding hydrogens is 342 g/mol. The van der Waals surface area contributed by atoms with Gasteiger partial charge in [0.15, 0.2) is 0 Å². The van der Waals surface area contributed by atoms with E-state index in [0.717, 1.165) is 0 Å². The number of nitrogens with zero attached hydrogens (tertiary/aromatic N) is 7. The van der Waals surface area contributed by atoms with E-state index in [1.165, 1.54) is 4.80 Å². The van der Waals surface area contributed by atoms with E-state index in [1.54, 1.807) is 30.3 Å². The number of ether oxygens (including phenoxy) is 2. The molecule has 3 aromatic heterocycles. The quantitative estimate of drug-likeness (QED) is 0.623. The predicted molar refractivity (Wildman–Crippen MR) is 86.1 cm³/mol. The van der Waals surface area contributed by atoms with Crippen molar-refractivity contribution >= 4 is 16.9 Å². The molecule has 1 saturated heterocycles. The molecule has 0 spiro atoms. The summed E-state index contributed by atoms with van der Waals surface area (Å²) in [6.45, 7) is 2.09. The maximum Gasteiger partial charge on any atom is 0.293 e. The molecule has 4 heterocycles. The highest BCUT2D eigenvalue weighted by Crippen LogP contribution is 2.23. The maximum absolute atomic E-state index is 12.8. The van der Waals surface area contributed by atoms with E-state index in [1.807, 2.05) is 0 Å². The zero-order chi connectivity index (χ0) is 17.9. The van der Waals surface area contributed by atoms with Crippen LogP contribution < -0.4 is 0 Å². The Labute approximate surface area is 147 Å². The van der Waals surface area contributed by atoms with E-state index in [4.69, 9.17) is 14.0 Å². The third-order valence-electron chi connectivity index (χ3n) is 4.05. The fourth-order valence-corrected chi connectivity index (χ4v) is 2.72. The minimum Gasteiger partial charge on any atom is -0.383 e. The van der Waals surface area contributed by atoms with Crippen molar-refractivity contribution in [3.8, 4) is 0 Å². The molecule has 1 atom stereocenters. The normalized spacial score (nSPS) is 17.7. The number of carbonyl (C=O) groups excluding carboxylic acids is 1. The first-order valence-electron chi connectivity index (χ1n) is 8.14. The van der Waals surface area contributed by atoms with Crippen LogP contribution in [0.4, 0.5) is 0 Å². The fraction of sp³-hybridized carbons (Fsp3) is 0.467. The van der Waals surface area contributed by atoms with Crippen molar-refractivity contribution in [3.63, 3.8) is 0 Å². The van der Waals surface area contributed by atoms with Gasteiger partial charge in [-0.15, -0.1) is 10.2 Å². The largest absolute Gasteiger partial charge is 0.383 e. The lowest BCUT2D eigenvalue weighted by atomic mass is 10.2. The Hall–Kier alpha value is -2.92. The van der Waals surface area contributed by atoms with E-state index in [9.17, 15) is 4.79 Å². The summed E-state index contributed by atoms with van der Waals surface area (Å²) in [5, 5.41) is 16.7. The van der Waals surface area contributed by atoms with Gasteiger partial charge in [0, 0.05) is 19.9 Å². The lowest BCUT2D eigenvalue weighted by Gasteiger charge is -2.30. The van der Waals surface area contributed by atoms with Gasteiger partial charge in [-0.2, -0.15) is 4.80 Å². The minimum absolute atomic E-state index is 0.172. The number of pyridine rings is 1. The van der Waals surface area contributed by atoms with Crippen LogP contribution in [-0.4, -0.2) is 74.6 Å². The Bertz CT molecular complexity index is 908. The van der Waals surface area contributed by atoms with Crippen molar-refractivity contribution < 1.29 is 18.8 Å². The van der Waals surface area contributed by atoms with Gasteiger partial charge in [0.1, 0.15) is 6.10 Å². The van der Waals surface area contributed by atoms with Crippen LogP contribution in [0.3, 0.4) is 0 Å². The molecule has 1 amide bonds. The third-order valence-corrected chi connectivity index (χ3v) is 4.05. The van der Waals surface area contributed by atoms with Gasteiger partial charge in [-0.25, -0.2) is 4.98 Å². The van der Waals surface area contributed by atoms with Gasteiger partial charge < -0.3 is 18.9 Å². The van der Waals surface area contributed by atoms with Crippen molar-refractivity contribution in [1.82, 2.24) is 35.2 Å². The molecule has 26 heavy (non-hydrogen) atoms. The van der Waals surface area contributed by atoms with Gasteiger partial charge in [0.25, 0.3) is 5.91 Å². The number of carbonyl (C=O) groups is 1. The molecule has 0 aromatic carbocycles. The Morgan fingerprint density at radius 1 is 1.46 bits per heavy atom. The number of methoxy groups -OCH3 is 1. The maximum atomic E-state index is 12.8. The monoisotopic (exact) mass is 359 g/mol. The number of hydrogen-bond acceptors (Lipinski definition) is 9. The van der Waals surface area contributed by atoms with Gasteiger partial charge in [0.2, 0.25) is 17.2 Å². The Morgan fingerprint density at radius 2 is 2.38 bits per heavy atom. The molecule has 11 heteroatoms. The smallest absolute Gasteiger partial charge is 0.293 e. The van der Waals surface area contributed by atoms with Gasteiger partial charge in [0.05, 0.1) is 31.7 Å². The molecule has 3 aromatic rings. The molecule has 1 aliphatic heterocycles. The summed E-state index contributed by atoms with van der Waals surface area (Å²) in [7, 11) is 1.61. The van der Waals surface area contributed by atoms with Gasteiger partial charge >= 0.3 is 0 Å². The second kappa shape index (κ2) is 7.14. The van der Waals surface area contributed by atoms with E-state index in [-0.39, 0.29) is 11.7 Å². The lowest BCUT2D eigenvalue weighted by Crippen LogP contribution is -2.42. The van der Waals surface area contributed by atoms with Gasteiger partial charge in [-0.1, -0.05) is 5.16 Å². The van der Waals surface area contributed by atoms with Gasteiger partial charge in [-0.05, 0) is 17.3 Å². The van der Waals surface area contributed by atoms with E-state index in [0.29, 0.717) is 49.7 Å². The molecule has 0 N–H and O–H groups in total. The Morgan fingerprint density at radius 3 is 3.27 bits per heavy atom. The first-order chi connectivity index (χ1) is 12.8. The van der Waals surface area contributed by atoms with E-state index >= 15 is 0 Å². The number of rotatable bonds is 5. The Kier molecular flexibility index (Phi) is 4.54. The number of hydrogen-bond donors (Lipinski definition) is 0. The zero-order valence-corrected chi connectivity index (χ0v) is 14.1. The van der Waals surface area contributed by atoms with Crippen molar-refractivity contribution in [2.24, 2.45) is 0 Å². The van der Waals surface area contributed by atoms with Gasteiger partial charge in [-0.3, -0.25) is 4.79 Å². The summed E-state index contributed by atoms with van der Waals surface area (Å²) in [6.07, 6.45) is 1.15. The van der Waals surface area contributed by atoms with Crippen LogP contribution in [0.1, 0.15) is 22.5 Å². The molecule has 0 radical (unpaired) electrons. The van der Waals surface area contributed by atoms with Crippen LogP contribution >= 0.6 is 0 Å². The molecule has 0 bridgehead atoms. The molecule has 4 rings (SSSR count). The zero-order valence-electron chi connectivity index (χ0n) is 14.1. The first kappa shape index (κ1) is 16.5. The molecule has 0 saturated carbocycles. The van der Waals surface area contributed by atoms with Crippen molar-refractivity contribution in [2.45, 2.75) is 12.6 Å². The molecule has 136 valence electrons. The van der Waals surface area contributed by atoms with E-state index < -0.39 is 6.10 Å².